The Labute approximate surface area is 120 Å². The van der Waals surface area contributed by atoms with Crippen LogP contribution in [0.1, 0.15) is 11.4 Å². The number of likely N-dealkylation sites (N-methyl/N-ethyl adjacent to an activating group) is 1. The van der Waals surface area contributed by atoms with Gasteiger partial charge >= 0.3 is 0 Å². The van der Waals surface area contributed by atoms with E-state index in [1.165, 1.54) is 6.33 Å². The summed E-state index contributed by atoms with van der Waals surface area (Å²) in [6.45, 7) is 0.371. The van der Waals surface area contributed by atoms with Gasteiger partial charge in [-0.25, -0.2) is 4.98 Å². The molecule has 0 radical (unpaired) electrons. The molecule has 0 fully saturated rings. The molecule has 1 aliphatic rings. The summed E-state index contributed by atoms with van der Waals surface area (Å²) in [5, 5.41) is 7.13. The number of carbonyl (C=O) groups is 1. The molecule has 1 atom stereocenters. The largest absolute Gasteiger partial charge is 0.480 e. The van der Waals surface area contributed by atoms with Gasteiger partial charge in [0, 0.05) is 18.5 Å². The van der Waals surface area contributed by atoms with Crippen molar-refractivity contribution < 1.29 is 9.53 Å². The number of hydrogen-bond donors (Lipinski definition) is 1. The van der Waals surface area contributed by atoms with Crippen molar-refractivity contribution in [2.75, 3.05) is 7.05 Å². The van der Waals surface area contributed by atoms with Gasteiger partial charge < -0.3 is 9.64 Å². The Morgan fingerprint density at radius 2 is 2.45 bits per heavy atom. The molecule has 2 aromatic rings. The number of nitrogens with zero attached hydrogens (tertiary/aromatic N) is 3. The van der Waals surface area contributed by atoms with Gasteiger partial charge in [0.1, 0.15) is 17.9 Å². The second-order valence-corrected chi connectivity index (χ2v) is 5.13. The van der Waals surface area contributed by atoms with Crippen molar-refractivity contribution in [3.63, 3.8) is 0 Å². The first kappa shape index (κ1) is 12.9. The van der Waals surface area contributed by atoms with E-state index in [0.29, 0.717) is 23.8 Å². The summed E-state index contributed by atoms with van der Waals surface area (Å²) >= 11 is 5.94. The van der Waals surface area contributed by atoms with Crippen molar-refractivity contribution in [1.29, 1.82) is 0 Å². The lowest BCUT2D eigenvalue weighted by Gasteiger charge is -2.19. The number of H-pyrrole nitrogens is 1. The van der Waals surface area contributed by atoms with E-state index in [4.69, 9.17) is 16.3 Å². The molecule has 6 nitrogen and oxygen atoms in total. The predicted octanol–water partition coefficient (Wildman–Crippen LogP) is 1.42. The molecule has 1 aromatic heterocycles. The van der Waals surface area contributed by atoms with E-state index in [1.807, 2.05) is 6.07 Å². The van der Waals surface area contributed by atoms with Crippen LogP contribution in [-0.2, 0) is 17.8 Å². The van der Waals surface area contributed by atoms with Crippen molar-refractivity contribution in [3.05, 3.63) is 40.9 Å². The third-order valence-electron chi connectivity index (χ3n) is 3.20. The smallest absolute Gasteiger partial charge is 0.264 e. The molecule has 1 aliphatic heterocycles. The van der Waals surface area contributed by atoms with Gasteiger partial charge in [0.15, 0.2) is 6.10 Å². The standard InChI is InChI=1S/C13H13ClN4O2/c1-18(6-12-15-7-16-17-12)13(19)11-5-8-4-9(14)2-3-10(8)20-11/h2-4,7,11H,5-6H2,1H3,(H,15,16,17). The number of halogens is 1. The molecule has 0 bridgehead atoms. The topological polar surface area (TPSA) is 71.1 Å². The maximum atomic E-state index is 12.3. The Bertz CT molecular complexity index is 629. The highest BCUT2D eigenvalue weighted by Gasteiger charge is 2.31. The number of amides is 1. The Balaban J connectivity index is 1.67. The van der Waals surface area contributed by atoms with Gasteiger partial charge in [0.2, 0.25) is 0 Å². The van der Waals surface area contributed by atoms with E-state index in [-0.39, 0.29) is 5.91 Å². The molecule has 104 valence electrons. The molecule has 1 aromatic carbocycles. The first-order valence-electron chi connectivity index (χ1n) is 6.18. The zero-order valence-electron chi connectivity index (χ0n) is 10.8. The number of benzene rings is 1. The van der Waals surface area contributed by atoms with Gasteiger partial charge in [0.05, 0.1) is 6.54 Å². The number of aromatic nitrogens is 3. The van der Waals surface area contributed by atoms with E-state index >= 15 is 0 Å². The van der Waals surface area contributed by atoms with Gasteiger partial charge in [-0.05, 0) is 23.8 Å². The molecule has 0 saturated heterocycles. The average Bonchev–Trinajstić information content (AvgIpc) is 3.06. The molecular formula is C13H13ClN4O2. The van der Waals surface area contributed by atoms with Crippen molar-refractivity contribution in [1.82, 2.24) is 20.1 Å². The van der Waals surface area contributed by atoms with Crippen LogP contribution in [0.25, 0.3) is 0 Å². The number of nitrogens with one attached hydrogen (secondary N) is 1. The molecule has 20 heavy (non-hydrogen) atoms. The van der Waals surface area contributed by atoms with Gasteiger partial charge in [-0.3, -0.25) is 9.89 Å². The third-order valence-corrected chi connectivity index (χ3v) is 3.44. The summed E-state index contributed by atoms with van der Waals surface area (Å²) in [6.07, 6.45) is 1.45. The van der Waals surface area contributed by atoms with Gasteiger partial charge in [0.25, 0.3) is 5.91 Å². The fourth-order valence-corrected chi connectivity index (χ4v) is 2.40. The molecule has 3 rings (SSSR count). The van der Waals surface area contributed by atoms with Crippen molar-refractivity contribution in [2.45, 2.75) is 19.1 Å². The van der Waals surface area contributed by atoms with Crippen LogP contribution >= 0.6 is 11.6 Å². The summed E-state index contributed by atoms with van der Waals surface area (Å²) in [6, 6.07) is 5.38. The number of aromatic amines is 1. The Morgan fingerprint density at radius 3 is 3.20 bits per heavy atom. The minimum absolute atomic E-state index is 0.0891. The Hall–Kier alpha value is -2.08. The molecule has 2 heterocycles. The number of fused-ring (bicyclic) bond motifs is 1. The highest BCUT2D eigenvalue weighted by Crippen LogP contribution is 2.31. The van der Waals surface area contributed by atoms with Crippen LogP contribution in [-0.4, -0.2) is 39.1 Å². The van der Waals surface area contributed by atoms with E-state index in [1.54, 1.807) is 24.1 Å². The van der Waals surface area contributed by atoms with Crippen LogP contribution in [0.15, 0.2) is 24.5 Å². The molecule has 0 aliphatic carbocycles. The van der Waals surface area contributed by atoms with Crippen LogP contribution in [0.2, 0.25) is 5.02 Å². The monoisotopic (exact) mass is 292 g/mol. The minimum atomic E-state index is -0.503. The average molecular weight is 293 g/mol. The first-order valence-corrected chi connectivity index (χ1v) is 6.55. The zero-order chi connectivity index (χ0) is 14.1. The molecule has 1 unspecified atom stereocenters. The van der Waals surface area contributed by atoms with E-state index in [0.717, 1.165) is 11.3 Å². The molecule has 1 amide bonds. The predicted molar refractivity (Wildman–Crippen MR) is 72.4 cm³/mol. The van der Waals surface area contributed by atoms with Crippen molar-refractivity contribution in [3.8, 4) is 5.75 Å². The number of ether oxygens (including phenoxy) is 1. The number of carbonyl (C=O) groups excluding carboxylic acids is 1. The SMILES string of the molecule is CN(Cc1ncn[nH]1)C(=O)C1Cc2cc(Cl)ccc2O1. The molecule has 0 spiro atoms. The van der Waals surface area contributed by atoms with Crippen LogP contribution in [0, 0.1) is 0 Å². The Kier molecular flexibility index (Phi) is 3.31. The van der Waals surface area contributed by atoms with Crippen LogP contribution in [0.5, 0.6) is 5.75 Å². The lowest BCUT2D eigenvalue weighted by molar-refractivity contribution is -0.137. The summed E-state index contributed by atoms with van der Waals surface area (Å²) in [4.78, 5) is 17.9. The number of rotatable bonds is 3. The summed E-state index contributed by atoms with van der Waals surface area (Å²) < 4.78 is 5.67. The van der Waals surface area contributed by atoms with Crippen LogP contribution in [0.3, 0.4) is 0 Å². The van der Waals surface area contributed by atoms with Crippen molar-refractivity contribution in [2.24, 2.45) is 0 Å². The number of hydrogen-bond acceptors (Lipinski definition) is 4. The molecule has 7 heteroatoms. The summed E-state index contributed by atoms with van der Waals surface area (Å²) in [5.74, 6) is 1.27. The molecular weight excluding hydrogens is 280 g/mol. The first-order chi connectivity index (χ1) is 9.63. The zero-order valence-corrected chi connectivity index (χ0v) is 11.6. The third kappa shape index (κ3) is 2.46. The van der Waals surface area contributed by atoms with E-state index in [2.05, 4.69) is 15.2 Å². The molecule has 1 N–H and O–H groups in total. The van der Waals surface area contributed by atoms with Gasteiger partial charge in [-0.1, -0.05) is 11.6 Å². The summed E-state index contributed by atoms with van der Waals surface area (Å²) in [5.41, 5.74) is 0.962. The normalized spacial score (nSPS) is 16.6. The highest BCUT2D eigenvalue weighted by atomic mass is 35.5. The van der Waals surface area contributed by atoms with Crippen LogP contribution < -0.4 is 4.74 Å². The highest BCUT2D eigenvalue weighted by molar-refractivity contribution is 6.30. The summed E-state index contributed by atoms with van der Waals surface area (Å²) in [7, 11) is 1.71. The second-order valence-electron chi connectivity index (χ2n) is 4.69. The van der Waals surface area contributed by atoms with Gasteiger partial charge in [-0.2, -0.15) is 5.10 Å². The maximum absolute atomic E-state index is 12.3. The quantitative estimate of drug-likeness (QED) is 0.929. The lowest BCUT2D eigenvalue weighted by atomic mass is 10.1. The molecule has 0 saturated carbocycles. The lowest BCUT2D eigenvalue weighted by Crippen LogP contribution is -2.38. The Morgan fingerprint density at radius 1 is 1.60 bits per heavy atom. The van der Waals surface area contributed by atoms with E-state index < -0.39 is 6.10 Å². The second kappa shape index (κ2) is 5.13. The van der Waals surface area contributed by atoms with Crippen LogP contribution in [0.4, 0.5) is 0 Å². The van der Waals surface area contributed by atoms with Crippen molar-refractivity contribution >= 4 is 17.5 Å². The van der Waals surface area contributed by atoms with Gasteiger partial charge in [-0.15, -0.1) is 0 Å². The maximum Gasteiger partial charge on any atom is 0.264 e. The fourth-order valence-electron chi connectivity index (χ4n) is 2.21. The fraction of sp³-hybridized carbons (Fsp3) is 0.308. The minimum Gasteiger partial charge on any atom is -0.480 e. The van der Waals surface area contributed by atoms with E-state index in [9.17, 15) is 4.79 Å².